The number of hydrogen-bond acceptors (Lipinski definition) is 3. The second-order valence-electron chi connectivity index (χ2n) is 5.27. The molecule has 2 aromatic rings. The Balaban J connectivity index is 2.01. The van der Waals surface area contributed by atoms with Crippen molar-refractivity contribution in [2.45, 2.75) is 16.1 Å². The number of carboxylic acid groups (broad SMARTS) is 1. The molecule has 1 aliphatic carbocycles. The van der Waals surface area contributed by atoms with Crippen LogP contribution in [0.5, 0.6) is 0 Å². The highest BCUT2D eigenvalue weighted by atomic mass is 35.5. The summed E-state index contributed by atoms with van der Waals surface area (Å²) >= 11 is 5.93. The Morgan fingerprint density at radius 1 is 1.05 bits per heavy atom. The third kappa shape index (κ3) is 2.51. The number of rotatable bonds is 4. The van der Waals surface area contributed by atoms with E-state index in [1.807, 2.05) is 0 Å². The number of hydrogen-bond donors (Lipinski definition) is 1. The second kappa shape index (κ2) is 5.41. The van der Waals surface area contributed by atoms with Gasteiger partial charge in [-0.25, -0.2) is 8.42 Å². The van der Waals surface area contributed by atoms with Gasteiger partial charge in [0.25, 0.3) is 0 Å². The fourth-order valence-corrected chi connectivity index (χ4v) is 5.18. The van der Waals surface area contributed by atoms with Crippen molar-refractivity contribution < 1.29 is 18.3 Å². The number of sulfone groups is 1. The number of halogens is 1. The number of aliphatic carboxylic acids is 1. The average Bonchev–Trinajstić information content (AvgIpc) is 3.25. The molecule has 3 rings (SSSR count). The first-order valence-electron chi connectivity index (χ1n) is 6.70. The van der Waals surface area contributed by atoms with Gasteiger partial charge in [-0.3, -0.25) is 4.79 Å². The van der Waals surface area contributed by atoms with E-state index in [2.05, 4.69) is 0 Å². The largest absolute Gasteiger partial charge is 0.481 e. The summed E-state index contributed by atoms with van der Waals surface area (Å²) in [5.41, 5.74) is 0.643. The first kappa shape index (κ1) is 15.1. The summed E-state index contributed by atoms with van der Waals surface area (Å²) in [6, 6.07) is 14.7. The van der Waals surface area contributed by atoms with E-state index in [0.717, 1.165) is 0 Å². The fourth-order valence-electron chi connectivity index (χ4n) is 2.84. The van der Waals surface area contributed by atoms with Crippen LogP contribution in [-0.4, -0.2) is 24.7 Å². The van der Waals surface area contributed by atoms with Gasteiger partial charge < -0.3 is 5.11 Å². The van der Waals surface area contributed by atoms with Crippen LogP contribution in [0.1, 0.15) is 11.5 Å². The molecule has 4 nitrogen and oxygen atoms in total. The van der Waals surface area contributed by atoms with Gasteiger partial charge in [0, 0.05) is 10.9 Å². The van der Waals surface area contributed by atoms with E-state index >= 15 is 0 Å². The van der Waals surface area contributed by atoms with Crippen molar-refractivity contribution in [3.8, 4) is 0 Å². The molecule has 1 fully saturated rings. The van der Waals surface area contributed by atoms with Crippen LogP contribution in [0.15, 0.2) is 59.5 Å². The standard InChI is InChI=1S/C16H13ClO4S/c17-11-6-4-5-10(9-11)13-14(16(18)19)15(13)22(20,21)12-7-2-1-3-8-12/h1-9,13-15H,(H,18,19)/t13-,14-,15+/m1/s1. The van der Waals surface area contributed by atoms with Crippen LogP contribution in [-0.2, 0) is 14.6 Å². The molecule has 6 heteroatoms. The van der Waals surface area contributed by atoms with Crippen LogP contribution >= 0.6 is 11.6 Å². The van der Waals surface area contributed by atoms with E-state index < -0.39 is 32.9 Å². The molecule has 22 heavy (non-hydrogen) atoms. The minimum atomic E-state index is -3.69. The lowest BCUT2D eigenvalue weighted by atomic mass is 10.1. The molecular weight excluding hydrogens is 324 g/mol. The highest BCUT2D eigenvalue weighted by molar-refractivity contribution is 7.92. The van der Waals surface area contributed by atoms with Crippen molar-refractivity contribution in [1.82, 2.24) is 0 Å². The second-order valence-corrected chi connectivity index (χ2v) is 7.81. The molecular formula is C16H13ClO4S. The van der Waals surface area contributed by atoms with Crippen LogP contribution in [0.3, 0.4) is 0 Å². The molecule has 0 spiro atoms. The zero-order chi connectivity index (χ0) is 15.9. The van der Waals surface area contributed by atoms with Gasteiger partial charge in [-0.1, -0.05) is 41.9 Å². The zero-order valence-corrected chi connectivity index (χ0v) is 13.0. The van der Waals surface area contributed by atoms with Crippen LogP contribution in [0.25, 0.3) is 0 Å². The summed E-state index contributed by atoms with van der Waals surface area (Å²) in [5, 5.41) is 8.85. The number of carbonyl (C=O) groups is 1. The Kier molecular flexibility index (Phi) is 3.70. The predicted molar refractivity (Wildman–Crippen MR) is 82.7 cm³/mol. The van der Waals surface area contributed by atoms with Crippen LogP contribution in [0, 0.1) is 5.92 Å². The summed E-state index contributed by atoms with van der Waals surface area (Å²) in [6.07, 6.45) is 0. The van der Waals surface area contributed by atoms with Crippen LogP contribution < -0.4 is 0 Å². The molecule has 0 saturated heterocycles. The molecule has 0 radical (unpaired) electrons. The van der Waals surface area contributed by atoms with E-state index in [1.54, 1.807) is 42.5 Å². The third-order valence-corrected chi connectivity index (χ3v) is 6.37. The Hall–Kier alpha value is -1.85. The van der Waals surface area contributed by atoms with Crippen molar-refractivity contribution in [3.05, 3.63) is 65.2 Å². The maximum absolute atomic E-state index is 12.7. The lowest BCUT2D eigenvalue weighted by molar-refractivity contribution is -0.138. The Labute approximate surface area is 133 Å². The maximum Gasteiger partial charge on any atom is 0.308 e. The van der Waals surface area contributed by atoms with E-state index in [4.69, 9.17) is 11.6 Å². The highest BCUT2D eigenvalue weighted by Gasteiger charge is 2.63. The van der Waals surface area contributed by atoms with Crippen molar-refractivity contribution in [3.63, 3.8) is 0 Å². The smallest absolute Gasteiger partial charge is 0.308 e. The van der Waals surface area contributed by atoms with Gasteiger partial charge in [-0.05, 0) is 29.8 Å². The molecule has 3 atom stereocenters. The summed E-state index contributed by atoms with van der Waals surface area (Å²) in [7, 11) is -3.69. The normalized spacial score (nSPS) is 24.0. The summed E-state index contributed by atoms with van der Waals surface area (Å²) in [4.78, 5) is 11.6. The molecule has 0 unspecified atom stereocenters. The monoisotopic (exact) mass is 336 g/mol. The molecule has 2 aromatic carbocycles. The van der Waals surface area contributed by atoms with E-state index in [-0.39, 0.29) is 4.90 Å². The molecule has 1 N–H and O–H groups in total. The van der Waals surface area contributed by atoms with Crippen molar-refractivity contribution in [2.24, 2.45) is 5.92 Å². The molecule has 1 aliphatic rings. The van der Waals surface area contributed by atoms with Gasteiger partial charge in [0.1, 0.15) is 0 Å². The third-order valence-electron chi connectivity index (χ3n) is 3.90. The number of carboxylic acids is 1. The number of benzene rings is 2. The Bertz CT molecular complexity index is 817. The summed E-state index contributed by atoms with van der Waals surface area (Å²) in [6.45, 7) is 0. The first-order valence-corrected chi connectivity index (χ1v) is 8.62. The van der Waals surface area contributed by atoms with Crippen molar-refractivity contribution in [2.75, 3.05) is 0 Å². The lowest BCUT2D eigenvalue weighted by Crippen LogP contribution is -2.13. The SMILES string of the molecule is O=C(O)[C@@H]1[C@@H](c2cccc(Cl)c2)[C@@H]1S(=O)(=O)c1ccccc1. The van der Waals surface area contributed by atoms with Gasteiger partial charge in [-0.2, -0.15) is 0 Å². The molecule has 114 valence electrons. The Morgan fingerprint density at radius 3 is 2.32 bits per heavy atom. The van der Waals surface area contributed by atoms with Gasteiger partial charge in [0.2, 0.25) is 0 Å². The molecule has 0 aromatic heterocycles. The van der Waals surface area contributed by atoms with E-state index in [1.165, 1.54) is 12.1 Å². The molecule has 0 heterocycles. The first-order chi connectivity index (χ1) is 10.4. The van der Waals surface area contributed by atoms with E-state index in [9.17, 15) is 18.3 Å². The van der Waals surface area contributed by atoms with Gasteiger partial charge in [0.05, 0.1) is 16.1 Å². The van der Waals surface area contributed by atoms with Gasteiger partial charge >= 0.3 is 5.97 Å². The molecule has 0 amide bonds. The predicted octanol–water partition coefficient (Wildman–Crippen LogP) is 2.98. The fraction of sp³-hybridized carbons (Fsp3) is 0.188. The van der Waals surface area contributed by atoms with Crippen molar-refractivity contribution in [1.29, 1.82) is 0 Å². The minimum Gasteiger partial charge on any atom is -0.481 e. The summed E-state index contributed by atoms with van der Waals surface area (Å²) in [5.74, 6) is -2.61. The van der Waals surface area contributed by atoms with Crippen LogP contribution in [0.4, 0.5) is 0 Å². The van der Waals surface area contributed by atoms with Gasteiger partial charge in [-0.15, -0.1) is 0 Å². The van der Waals surface area contributed by atoms with E-state index in [0.29, 0.717) is 10.6 Å². The topological polar surface area (TPSA) is 71.4 Å². The lowest BCUT2D eigenvalue weighted by Gasteiger charge is -2.04. The molecule has 1 saturated carbocycles. The van der Waals surface area contributed by atoms with Gasteiger partial charge in [0.15, 0.2) is 9.84 Å². The summed E-state index contributed by atoms with van der Waals surface area (Å²) < 4.78 is 25.4. The zero-order valence-electron chi connectivity index (χ0n) is 11.4. The highest BCUT2D eigenvalue weighted by Crippen LogP contribution is 2.54. The molecule has 0 bridgehead atoms. The quantitative estimate of drug-likeness (QED) is 0.931. The minimum absolute atomic E-state index is 0.149. The average molecular weight is 337 g/mol. The molecule has 0 aliphatic heterocycles. The van der Waals surface area contributed by atoms with Crippen molar-refractivity contribution >= 4 is 27.4 Å². The Morgan fingerprint density at radius 2 is 1.73 bits per heavy atom. The maximum atomic E-state index is 12.7. The van der Waals surface area contributed by atoms with Crippen LogP contribution in [0.2, 0.25) is 5.02 Å².